The van der Waals surface area contributed by atoms with Gasteiger partial charge in [0.2, 0.25) is 0 Å². The van der Waals surface area contributed by atoms with Gasteiger partial charge in [0.15, 0.2) is 0 Å². The molecule has 0 aromatic rings. The van der Waals surface area contributed by atoms with E-state index in [2.05, 4.69) is 48.9 Å². The van der Waals surface area contributed by atoms with Crippen LogP contribution < -0.4 is 0 Å². The molecule has 0 aliphatic heterocycles. The Morgan fingerprint density at radius 3 is 2.60 bits per heavy atom. The highest BCUT2D eigenvalue weighted by Gasteiger charge is 2.03. The lowest BCUT2D eigenvalue weighted by molar-refractivity contribution is 1.04. The van der Waals surface area contributed by atoms with Crippen LogP contribution in [0.25, 0.3) is 0 Å². The molecule has 1 atom stereocenters. The number of thioether (sulfide) groups is 1. The van der Waals surface area contributed by atoms with Gasteiger partial charge in [-0.2, -0.15) is 23.3 Å². The fourth-order valence-corrected chi connectivity index (χ4v) is 7.64. The van der Waals surface area contributed by atoms with Crippen molar-refractivity contribution < 1.29 is 0 Å². The van der Waals surface area contributed by atoms with E-state index in [1.807, 2.05) is 0 Å². The second-order valence-electron chi connectivity index (χ2n) is 2.00. The highest BCUT2D eigenvalue weighted by Crippen LogP contribution is 2.26. The predicted octanol–water partition coefficient (Wildman–Crippen LogP) is 2.53. The molecule has 0 fully saturated rings. The van der Waals surface area contributed by atoms with E-state index in [4.69, 9.17) is 0 Å². The lowest BCUT2D eigenvalue weighted by atomic mass is 10.6. The summed E-state index contributed by atoms with van der Waals surface area (Å²) in [5.74, 6) is 1.31. The summed E-state index contributed by atoms with van der Waals surface area (Å²) in [6.07, 6.45) is 2.60. The van der Waals surface area contributed by atoms with Gasteiger partial charge < -0.3 is 0 Å². The second-order valence-corrected chi connectivity index (χ2v) is 8.87. The Labute approximate surface area is 79.8 Å². The van der Waals surface area contributed by atoms with E-state index < -0.39 is 0 Å². The Bertz CT molecular complexity index is 70.0. The van der Waals surface area contributed by atoms with Crippen LogP contribution in [0.3, 0.4) is 0 Å². The average molecular weight is 212 g/mol. The van der Waals surface area contributed by atoms with E-state index in [0.29, 0.717) is 0 Å². The molecule has 0 heterocycles. The first-order valence-corrected chi connectivity index (χ1v) is 10.0. The third-order valence-electron chi connectivity index (χ3n) is 1.10. The Hall–Kier alpha value is 1.27. The third kappa shape index (κ3) is 6.01. The van der Waals surface area contributed by atoms with Gasteiger partial charge in [0.05, 0.1) is 0 Å². The lowest BCUT2D eigenvalue weighted by Crippen LogP contribution is -1.96. The van der Waals surface area contributed by atoms with Gasteiger partial charge in [-0.1, -0.05) is 13.8 Å². The smallest absolute Gasteiger partial charge is 0.143 e. The first-order valence-electron chi connectivity index (χ1n) is 3.69. The minimum atomic E-state index is -0.0821. The molecule has 0 radical (unpaired) electrons. The summed E-state index contributed by atoms with van der Waals surface area (Å²) in [6.45, 7) is 4.50. The molecular weight excluding hydrogens is 196 g/mol. The van der Waals surface area contributed by atoms with Gasteiger partial charge in [0.1, 0.15) is 7.82 Å². The van der Waals surface area contributed by atoms with E-state index in [0.717, 1.165) is 4.58 Å². The van der Waals surface area contributed by atoms with E-state index in [9.17, 15) is 0 Å². The van der Waals surface area contributed by atoms with Crippen molar-refractivity contribution in [3.8, 4) is 0 Å². The quantitative estimate of drug-likeness (QED) is 0.408. The molecule has 0 amide bonds. The molecule has 0 bridgehead atoms. The molecule has 0 saturated carbocycles. The monoisotopic (exact) mass is 212 g/mol. The van der Waals surface area contributed by atoms with Crippen LogP contribution in [0, 0.1) is 0 Å². The summed E-state index contributed by atoms with van der Waals surface area (Å²) >= 11 is 8.50. The van der Waals surface area contributed by atoms with Crippen LogP contribution in [-0.2, 0) is 0 Å². The van der Waals surface area contributed by atoms with Crippen LogP contribution >= 0.6 is 35.1 Å². The first kappa shape index (κ1) is 11.3. The molecule has 0 spiro atoms. The van der Waals surface area contributed by atoms with Gasteiger partial charge >= 0.3 is 0 Å². The number of thiol groups is 1. The molecule has 0 aromatic carbocycles. The van der Waals surface area contributed by atoms with Crippen molar-refractivity contribution in [3.05, 3.63) is 0 Å². The molecule has 0 saturated heterocycles. The number of rotatable bonds is 6. The van der Waals surface area contributed by atoms with Crippen LogP contribution in [0.15, 0.2) is 0 Å². The molecular formula is C6H16S3Si. The summed E-state index contributed by atoms with van der Waals surface area (Å²) in [5, 5.41) is 0. The number of hydrogen-bond acceptors (Lipinski definition) is 3. The van der Waals surface area contributed by atoms with Crippen molar-refractivity contribution in [2.24, 2.45) is 0 Å². The highest BCUT2D eigenvalue weighted by molar-refractivity contribution is 8.47. The fraction of sp³-hybridized carbons (Fsp3) is 1.00. The zero-order valence-electron chi connectivity index (χ0n) is 6.67. The van der Waals surface area contributed by atoms with Crippen LogP contribution in [0.4, 0.5) is 0 Å². The standard InChI is InChI=1S/C6H16S3Si/c1-3-5-8-6(4-2)9-10-7/h6-7H,3-5,10H2,1-2H3. The first-order chi connectivity index (χ1) is 4.85. The summed E-state index contributed by atoms with van der Waals surface area (Å²) in [7, 11) is -0.0821. The molecule has 4 heteroatoms. The normalized spacial score (nSPS) is 14.7. The Kier molecular flexibility index (Phi) is 9.42. The van der Waals surface area contributed by atoms with E-state index in [1.54, 1.807) is 0 Å². The van der Waals surface area contributed by atoms with Gasteiger partial charge in [-0.15, -0.1) is 11.8 Å². The minimum Gasteiger partial charge on any atom is -0.197 e. The van der Waals surface area contributed by atoms with Gasteiger partial charge in [-0.25, -0.2) is 0 Å². The van der Waals surface area contributed by atoms with Crippen molar-refractivity contribution >= 4 is 42.9 Å². The molecule has 62 valence electrons. The summed E-state index contributed by atoms with van der Waals surface area (Å²) in [6, 6.07) is 0. The van der Waals surface area contributed by atoms with Crippen LogP contribution in [0.5, 0.6) is 0 Å². The van der Waals surface area contributed by atoms with Crippen LogP contribution in [0.2, 0.25) is 0 Å². The maximum atomic E-state index is 4.32. The highest BCUT2D eigenvalue weighted by atomic mass is 32.5. The topological polar surface area (TPSA) is 0 Å². The van der Waals surface area contributed by atoms with E-state index >= 15 is 0 Å². The predicted molar refractivity (Wildman–Crippen MR) is 61.9 cm³/mol. The van der Waals surface area contributed by atoms with Crippen LogP contribution in [-0.4, -0.2) is 18.2 Å². The van der Waals surface area contributed by atoms with Crippen molar-refractivity contribution in [2.75, 3.05) is 5.75 Å². The Balaban J connectivity index is 3.21. The average Bonchev–Trinajstić information content (AvgIpc) is 1.98. The van der Waals surface area contributed by atoms with Gasteiger partial charge in [0, 0.05) is 4.58 Å². The van der Waals surface area contributed by atoms with E-state index in [1.165, 1.54) is 18.6 Å². The van der Waals surface area contributed by atoms with Gasteiger partial charge in [-0.05, 0) is 18.6 Å². The van der Waals surface area contributed by atoms with Crippen molar-refractivity contribution in [1.82, 2.24) is 0 Å². The summed E-state index contributed by atoms with van der Waals surface area (Å²) in [5.41, 5.74) is 0. The number of hydrogen-bond donors (Lipinski definition) is 1. The molecule has 0 aliphatic rings. The zero-order chi connectivity index (χ0) is 7.82. The SMILES string of the molecule is CCCSC(CC)S[SiH2]S. The lowest BCUT2D eigenvalue weighted by Gasteiger charge is -2.11. The van der Waals surface area contributed by atoms with Gasteiger partial charge in [-0.3, -0.25) is 0 Å². The molecule has 1 unspecified atom stereocenters. The van der Waals surface area contributed by atoms with Crippen molar-refractivity contribution in [2.45, 2.75) is 31.3 Å². The zero-order valence-corrected chi connectivity index (χ0v) is 10.6. The maximum Gasteiger partial charge on any atom is 0.143 e. The molecule has 0 nitrogen and oxygen atoms in total. The fourth-order valence-electron chi connectivity index (χ4n) is 0.616. The molecule has 0 N–H and O–H groups in total. The van der Waals surface area contributed by atoms with E-state index in [-0.39, 0.29) is 7.82 Å². The van der Waals surface area contributed by atoms with Gasteiger partial charge in [0.25, 0.3) is 0 Å². The molecule has 10 heavy (non-hydrogen) atoms. The minimum absolute atomic E-state index is 0.0821. The van der Waals surface area contributed by atoms with Crippen molar-refractivity contribution in [3.63, 3.8) is 0 Å². The van der Waals surface area contributed by atoms with Crippen LogP contribution in [0.1, 0.15) is 26.7 Å². The molecule has 0 aliphatic carbocycles. The Morgan fingerprint density at radius 2 is 2.20 bits per heavy atom. The summed E-state index contributed by atoms with van der Waals surface area (Å²) in [4.78, 5) is 0. The second kappa shape index (κ2) is 8.36. The Morgan fingerprint density at radius 1 is 1.50 bits per heavy atom. The molecule has 0 rings (SSSR count). The molecule has 0 aromatic heterocycles. The largest absolute Gasteiger partial charge is 0.197 e. The third-order valence-corrected chi connectivity index (χ3v) is 7.84. The maximum absolute atomic E-state index is 4.32. The van der Waals surface area contributed by atoms with Crippen molar-refractivity contribution in [1.29, 1.82) is 0 Å². The summed E-state index contributed by atoms with van der Waals surface area (Å²) < 4.78 is 0.837.